The monoisotopic (exact) mass is 227 g/mol. The van der Waals surface area contributed by atoms with E-state index in [-0.39, 0.29) is 23.8 Å². The molecule has 4 nitrogen and oxygen atoms in total. The van der Waals surface area contributed by atoms with E-state index in [1.165, 1.54) is 0 Å². The Bertz CT molecular complexity index is 300. The fraction of sp³-hybridized carbons (Fsp3) is 0.833. The topological polar surface area (TPSA) is 66.4 Å². The number of rotatable bonds is 4. The third-order valence-corrected chi connectivity index (χ3v) is 3.60. The summed E-state index contributed by atoms with van der Waals surface area (Å²) in [5.41, 5.74) is -0.767. The van der Waals surface area contributed by atoms with Gasteiger partial charge < -0.3 is 10.4 Å². The number of hydrogen-bond acceptors (Lipinski definition) is 2. The number of carbonyl (C=O) groups excluding carboxylic acids is 1. The van der Waals surface area contributed by atoms with Crippen LogP contribution in [-0.4, -0.2) is 23.5 Å². The maximum Gasteiger partial charge on any atom is 0.311 e. The van der Waals surface area contributed by atoms with Gasteiger partial charge in [-0.05, 0) is 18.3 Å². The van der Waals surface area contributed by atoms with Crippen LogP contribution in [0.5, 0.6) is 0 Å². The summed E-state index contributed by atoms with van der Waals surface area (Å²) in [5.74, 6) is -0.965. The van der Waals surface area contributed by atoms with Crippen molar-refractivity contribution in [2.24, 2.45) is 16.7 Å². The van der Waals surface area contributed by atoms with Crippen molar-refractivity contribution in [1.29, 1.82) is 0 Å². The molecule has 2 N–H and O–H groups in total. The van der Waals surface area contributed by atoms with Crippen LogP contribution in [0.25, 0.3) is 0 Å². The minimum atomic E-state index is -0.795. The summed E-state index contributed by atoms with van der Waals surface area (Å²) in [7, 11) is 0. The average Bonchev–Trinajstić information content (AvgIpc) is 2.92. The van der Waals surface area contributed by atoms with Crippen LogP contribution < -0.4 is 5.32 Å². The average molecular weight is 227 g/mol. The zero-order valence-corrected chi connectivity index (χ0v) is 10.5. The van der Waals surface area contributed by atoms with Gasteiger partial charge in [-0.1, -0.05) is 27.7 Å². The first-order chi connectivity index (χ1) is 7.19. The third kappa shape index (κ3) is 2.74. The second-order valence-electron chi connectivity index (χ2n) is 5.89. The first-order valence-corrected chi connectivity index (χ1v) is 5.70. The van der Waals surface area contributed by atoms with Crippen molar-refractivity contribution in [2.45, 2.75) is 40.5 Å². The lowest BCUT2D eigenvalue weighted by Crippen LogP contribution is -2.40. The van der Waals surface area contributed by atoms with Gasteiger partial charge in [0.15, 0.2) is 0 Å². The smallest absolute Gasteiger partial charge is 0.311 e. The minimum absolute atomic E-state index is 0.0555. The fourth-order valence-electron chi connectivity index (χ4n) is 1.42. The number of carbonyl (C=O) groups is 2. The van der Waals surface area contributed by atoms with Gasteiger partial charge in [0.05, 0.1) is 5.41 Å². The molecule has 1 aliphatic rings. The predicted octanol–water partition coefficient (Wildman–Crippen LogP) is 1.65. The van der Waals surface area contributed by atoms with E-state index in [1.54, 1.807) is 0 Å². The fourth-order valence-corrected chi connectivity index (χ4v) is 1.42. The zero-order valence-electron chi connectivity index (χ0n) is 10.5. The Labute approximate surface area is 96.4 Å². The Morgan fingerprint density at radius 2 is 1.88 bits per heavy atom. The van der Waals surface area contributed by atoms with Crippen LogP contribution in [0.3, 0.4) is 0 Å². The molecule has 1 fully saturated rings. The second kappa shape index (κ2) is 4.07. The minimum Gasteiger partial charge on any atom is -0.481 e. The highest BCUT2D eigenvalue weighted by Crippen LogP contribution is 2.45. The molecule has 0 bridgehead atoms. The SMILES string of the molecule is CC(C(=O)NCC1(C(=O)O)CC1)C(C)(C)C. The largest absolute Gasteiger partial charge is 0.481 e. The van der Waals surface area contributed by atoms with Gasteiger partial charge in [-0.25, -0.2) is 0 Å². The van der Waals surface area contributed by atoms with Gasteiger partial charge in [0.2, 0.25) is 5.91 Å². The Hall–Kier alpha value is -1.06. The molecule has 1 saturated carbocycles. The highest BCUT2D eigenvalue weighted by molar-refractivity contribution is 5.82. The molecule has 16 heavy (non-hydrogen) atoms. The standard InChI is InChI=1S/C12H21NO3/c1-8(11(2,3)4)9(14)13-7-12(5-6-12)10(15)16/h8H,5-7H2,1-4H3,(H,13,14)(H,15,16). The van der Waals surface area contributed by atoms with Gasteiger partial charge >= 0.3 is 5.97 Å². The number of carboxylic acid groups (broad SMARTS) is 1. The number of aliphatic carboxylic acids is 1. The van der Waals surface area contributed by atoms with Gasteiger partial charge in [0.1, 0.15) is 0 Å². The van der Waals surface area contributed by atoms with Crippen LogP contribution in [0.1, 0.15) is 40.5 Å². The number of amides is 1. The maximum absolute atomic E-state index is 11.8. The molecular weight excluding hydrogens is 206 g/mol. The molecule has 92 valence electrons. The van der Waals surface area contributed by atoms with E-state index in [1.807, 2.05) is 27.7 Å². The van der Waals surface area contributed by atoms with Gasteiger partial charge in [0.25, 0.3) is 0 Å². The second-order valence-corrected chi connectivity index (χ2v) is 5.89. The molecule has 0 radical (unpaired) electrons. The third-order valence-electron chi connectivity index (χ3n) is 3.60. The Morgan fingerprint density at radius 1 is 1.38 bits per heavy atom. The molecule has 1 rings (SSSR count). The first-order valence-electron chi connectivity index (χ1n) is 5.70. The molecule has 1 atom stereocenters. The molecule has 0 spiro atoms. The maximum atomic E-state index is 11.8. The molecule has 0 saturated heterocycles. The number of hydrogen-bond donors (Lipinski definition) is 2. The molecule has 0 heterocycles. The summed E-state index contributed by atoms with van der Waals surface area (Å²) >= 11 is 0. The van der Waals surface area contributed by atoms with E-state index < -0.39 is 11.4 Å². The van der Waals surface area contributed by atoms with Crippen LogP contribution in [0.4, 0.5) is 0 Å². The molecule has 1 unspecified atom stereocenters. The van der Waals surface area contributed by atoms with Crippen LogP contribution in [0.2, 0.25) is 0 Å². The van der Waals surface area contributed by atoms with Gasteiger partial charge in [-0.15, -0.1) is 0 Å². The molecular formula is C12H21NO3. The van der Waals surface area contributed by atoms with E-state index in [2.05, 4.69) is 5.32 Å². The van der Waals surface area contributed by atoms with Gasteiger partial charge in [-0.2, -0.15) is 0 Å². The normalized spacial score (nSPS) is 20.0. The van der Waals surface area contributed by atoms with E-state index >= 15 is 0 Å². The van der Waals surface area contributed by atoms with Crippen LogP contribution in [0.15, 0.2) is 0 Å². The summed E-state index contributed by atoms with van der Waals surface area (Å²) in [5, 5.41) is 11.7. The molecule has 0 aliphatic heterocycles. The Balaban J connectivity index is 2.45. The van der Waals surface area contributed by atoms with Crippen molar-refractivity contribution in [3.8, 4) is 0 Å². The molecule has 4 heteroatoms. The lowest BCUT2D eigenvalue weighted by molar-refractivity contribution is -0.143. The number of nitrogens with one attached hydrogen (secondary N) is 1. The molecule has 1 aliphatic carbocycles. The molecule has 0 aromatic rings. The highest BCUT2D eigenvalue weighted by Gasteiger charge is 2.50. The lowest BCUT2D eigenvalue weighted by Gasteiger charge is -2.26. The summed E-state index contributed by atoms with van der Waals surface area (Å²) in [6, 6.07) is 0. The van der Waals surface area contributed by atoms with E-state index in [0.717, 1.165) is 0 Å². The quantitative estimate of drug-likeness (QED) is 0.767. The van der Waals surface area contributed by atoms with Gasteiger partial charge in [-0.3, -0.25) is 9.59 Å². The van der Waals surface area contributed by atoms with Crippen molar-refractivity contribution in [1.82, 2.24) is 5.32 Å². The summed E-state index contributed by atoms with van der Waals surface area (Å²) in [4.78, 5) is 22.7. The summed E-state index contributed by atoms with van der Waals surface area (Å²) in [6.45, 7) is 8.14. The number of carboxylic acids is 1. The van der Waals surface area contributed by atoms with Crippen molar-refractivity contribution < 1.29 is 14.7 Å². The van der Waals surface area contributed by atoms with Crippen molar-refractivity contribution in [2.75, 3.05) is 6.54 Å². The Morgan fingerprint density at radius 3 is 2.19 bits per heavy atom. The lowest BCUT2D eigenvalue weighted by atomic mass is 9.81. The first kappa shape index (κ1) is 13.0. The van der Waals surface area contributed by atoms with E-state index in [0.29, 0.717) is 12.8 Å². The highest BCUT2D eigenvalue weighted by atomic mass is 16.4. The zero-order chi connectivity index (χ0) is 12.6. The van der Waals surface area contributed by atoms with Crippen LogP contribution in [-0.2, 0) is 9.59 Å². The van der Waals surface area contributed by atoms with Crippen molar-refractivity contribution >= 4 is 11.9 Å². The van der Waals surface area contributed by atoms with Crippen molar-refractivity contribution in [3.63, 3.8) is 0 Å². The van der Waals surface area contributed by atoms with E-state index in [9.17, 15) is 9.59 Å². The van der Waals surface area contributed by atoms with Crippen molar-refractivity contribution in [3.05, 3.63) is 0 Å². The molecule has 1 amide bonds. The summed E-state index contributed by atoms with van der Waals surface area (Å²) in [6.07, 6.45) is 1.35. The summed E-state index contributed by atoms with van der Waals surface area (Å²) < 4.78 is 0. The van der Waals surface area contributed by atoms with Crippen LogP contribution in [0, 0.1) is 16.7 Å². The van der Waals surface area contributed by atoms with Gasteiger partial charge in [0, 0.05) is 12.5 Å². The Kier molecular flexibility index (Phi) is 3.31. The predicted molar refractivity (Wildman–Crippen MR) is 60.9 cm³/mol. The molecule has 0 aromatic carbocycles. The van der Waals surface area contributed by atoms with Crippen LogP contribution >= 0.6 is 0 Å². The molecule has 0 aromatic heterocycles. The van der Waals surface area contributed by atoms with E-state index in [4.69, 9.17) is 5.11 Å².